The summed E-state index contributed by atoms with van der Waals surface area (Å²) < 4.78 is 0. The lowest BCUT2D eigenvalue weighted by Crippen LogP contribution is -2.02. The zero-order chi connectivity index (χ0) is 11.4. The van der Waals surface area contributed by atoms with Gasteiger partial charge in [-0.15, -0.1) is 0 Å². The minimum absolute atomic E-state index is 0.136. The number of nitrogens with zero attached hydrogens (tertiary/aromatic N) is 1. The minimum Gasteiger partial charge on any atom is -0.508 e. The van der Waals surface area contributed by atoms with Crippen LogP contribution in [0, 0.1) is 0 Å². The van der Waals surface area contributed by atoms with Gasteiger partial charge < -0.3 is 9.90 Å². The lowest BCUT2D eigenvalue weighted by Gasteiger charge is -2.12. The molecule has 0 fully saturated rings. The van der Waals surface area contributed by atoms with E-state index in [1.54, 1.807) is 48.8 Å². The second-order valence-electron chi connectivity index (χ2n) is 3.45. The van der Waals surface area contributed by atoms with E-state index in [4.69, 9.17) is 0 Å². The number of aldehydes is 1. The van der Waals surface area contributed by atoms with Crippen LogP contribution in [0.25, 0.3) is 0 Å². The molecule has 1 N–H and O–H groups in total. The van der Waals surface area contributed by atoms with Crippen LogP contribution in [0.3, 0.4) is 0 Å². The van der Waals surface area contributed by atoms with Gasteiger partial charge in [0.1, 0.15) is 12.0 Å². The molecule has 1 atom stereocenters. The van der Waals surface area contributed by atoms with Crippen molar-refractivity contribution in [1.29, 1.82) is 0 Å². The number of phenols is 1. The van der Waals surface area contributed by atoms with Gasteiger partial charge in [-0.05, 0) is 23.8 Å². The van der Waals surface area contributed by atoms with E-state index in [1.807, 2.05) is 0 Å². The highest BCUT2D eigenvalue weighted by atomic mass is 16.3. The second kappa shape index (κ2) is 4.57. The number of carbonyl (C=O) groups is 1. The van der Waals surface area contributed by atoms with E-state index in [0.717, 1.165) is 11.8 Å². The highest BCUT2D eigenvalue weighted by Crippen LogP contribution is 2.28. The number of benzene rings is 1. The summed E-state index contributed by atoms with van der Waals surface area (Å²) in [5, 5.41) is 9.70. The Morgan fingerprint density at radius 3 is 2.44 bits per heavy atom. The first-order chi connectivity index (χ1) is 7.83. The van der Waals surface area contributed by atoms with Crippen LogP contribution in [0.2, 0.25) is 0 Å². The molecule has 1 heterocycles. The maximum atomic E-state index is 11.1. The summed E-state index contributed by atoms with van der Waals surface area (Å²) in [6.07, 6.45) is 4.09. The number of hydrogen-bond acceptors (Lipinski definition) is 3. The van der Waals surface area contributed by atoms with Gasteiger partial charge >= 0.3 is 0 Å². The molecule has 80 valence electrons. The molecule has 0 aliphatic rings. The standard InChI is InChI=1S/C13H11NO2/c15-9-12(10-5-7-14-8-6-10)11-3-1-2-4-13(11)16/h1-9,12,16H. The third-order valence-corrected chi connectivity index (χ3v) is 2.47. The van der Waals surface area contributed by atoms with Gasteiger partial charge in [0.2, 0.25) is 0 Å². The molecule has 3 heteroatoms. The van der Waals surface area contributed by atoms with Gasteiger partial charge in [-0.3, -0.25) is 4.98 Å². The number of para-hydroxylation sites is 1. The van der Waals surface area contributed by atoms with Crippen molar-refractivity contribution < 1.29 is 9.90 Å². The number of phenolic OH excluding ortho intramolecular Hbond substituents is 1. The number of hydrogen-bond donors (Lipinski definition) is 1. The fraction of sp³-hybridized carbons (Fsp3) is 0.0769. The van der Waals surface area contributed by atoms with Gasteiger partial charge in [-0.2, -0.15) is 0 Å². The zero-order valence-electron chi connectivity index (χ0n) is 8.58. The molecule has 3 nitrogen and oxygen atoms in total. The average molecular weight is 213 g/mol. The fourth-order valence-electron chi connectivity index (χ4n) is 1.65. The van der Waals surface area contributed by atoms with Crippen LogP contribution in [0.5, 0.6) is 5.75 Å². The summed E-state index contributed by atoms with van der Waals surface area (Å²) in [5.74, 6) is -0.305. The topological polar surface area (TPSA) is 50.2 Å². The van der Waals surface area contributed by atoms with Crippen LogP contribution in [-0.2, 0) is 4.79 Å². The van der Waals surface area contributed by atoms with Crippen LogP contribution in [0.15, 0.2) is 48.8 Å². The number of rotatable bonds is 3. The predicted molar refractivity (Wildman–Crippen MR) is 60.3 cm³/mol. The van der Waals surface area contributed by atoms with Crippen molar-refractivity contribution in [1.82, 2.24) is 4.98 Å². The van der Waals surface area contributed by atoms with Crippen molar-refractivity contribution in [2.75, 3.05) is 0 Å². The zero-order valence-corrected chi connectivity index (χ0v) is 8.58. The van der Waals surface area contributed by atoms with Gasteiger partial charge in [0.05, 0.1) is 5.92 Å². The second-order valence-corrected chi connectivity index (χ2v) is 3.45. The normalized spacial score (nSPS) is 12.0. The van der Waals surface area contributed by atoms with Crippen molar-refractivity contribution in [3.63, 3.8) is 0 Å². The van der Waals surface area contributed by atoms with Gasteiger partial charge in [-0.25, -0.2) is 0 Å². The molecule has 2 aromatic rings. The van der Waals surface area contributed by atoms with E-state index in [1.165, 1.54) is 0 Å². The molecule has 0 saturated carbocycles. The molecule has 0 radical (unpaired) electrons. The molecule has 0 aliphatic heterocycles. The number of pyridine rings is 1. The molecular formula is C13H11NO2. The van der Waals surface area contributed by atoms with E-state index < -0.39 is 5.92 Å². The lowest BCUT2D eigenvalue weighted by atomic mass is 9.93. The third kappa shape index (κ3) is 1.93. The number of carbonyl (C=O) groups excluding carboxylic acids is 1. The van der Waals surface area contributed by atoms with Crippen LogP contribution in [-0.4, -0.2) is 16.4 Å². The van der Waals surface area contributed by atoms with Crippen molar-refractivity contribution in [3.05, 3.63) is 59.9 Å². The molecule has 1 unspecified atom stereocenters. The predicted octanol–water partition coefficient (Wildman–Crippen LogP) is 2.12. The Morgan fingerprint density at radius 1 is 1.12 bits per heavy atom. The molecular weight excluding hydrogens is 202 g/mol. The molecule has 1 aromatic heterocycles. The molecule has 0 aliphatic carbocycles. The smallest absolute Gasteiger partial charge is 0.131 e. The van der Waals surface area contributed by atoms with Gasteiger partial charge in [0.15, 0.2) is 0 Å². The van der Waals surface area contributed by atoms with E-state index >= 15 is 0 Å². The van der Waals surface area contributed by atoms with Crippen molar-refractivity contribution >= 4 is 6.29 Å². The van der Waals surface area contributed by atoms with Crippen molar-refractivity contribution in [2.45, 2.75) is 5.92 Å². The highest BCUT2D eigenvalue weighted by Gasteiger charge is 2.15. The number of aromatic hydroxyl groups is 1. The Kier molecular flexibility index (Phi) is 2.96. The highest BCUT2D eigenvalue weighted by molar-refractivity contribution is 5.69. The Bertz CT molecular complexity index is 482. The summed E-state index contributed by atoms with van der Waals surface area (Å²) in [7, 11) is 0. The molecule has 0 spiro atoms. The third-order valence-electron chi connectivity index (χ3n) is 2.47. The summed E-state index contributed by atoms with van der Waals surface area (Å²) in [4.78, 5) is 15.0. The van der Waals surface area contributed by atoms with Gasteiger partial charge in [0.25, 0.3) is 0 Å². The first-order valence-corrected chi connectivity index (χ1v) is 4.96. The van der Waals surface area contributed by atoms with Crippen LogP contribution < -0.4 is 0 Å². The Labute approximate surface area is 93.4 Å². The van der Waals surface area contributed by atoms with Crippen LogP contribution in [0.1, 0.15) is 17.0 Å². The Hall–Kier alpha value is -2.16. The molecule has 16 heavy (non-hydrogen) atoms. The number of aromatic nitrogens is 1. The molecule has 0 amide bonds. The average Bonchev–Trinajstić information content (AvgIpc) is 2.34. The maximum absolute atomic E-state index is 11.1. The van der Waals surface area contributed by atoms with Crippen LogP contribution >= 0.6 is 0 Å². The maximum Gasteiger partial charge on any atom is 0.131 e. The van der Waals surface area contributed by atoms with Crippen molar-refractivity contribution in [3.8, 4) is 5.75 Å². The monoisotopic (exact) mass is 213 g/mol. The van der Waals surface area contributed by atoms with Crippen LogP contribution in [0.4, 0.5) is 0 Å². The van der Waals surface area contributed by atoms with E-state index in [-0.39, 0.29) is 5.75 Å². The summed E-state index contributed by atoms with van der Waals surface area (Å²) in [5.41, 5.74) is 1.44. The lowest BCUT2D eigenvalue weighted by molar-refractivity contribution is -0.108. The summed E-state index contributed by atoms with van der Waals surface area (Å²) in [6.45, 7) is 0. The largest absolute Gasteiger partial charge is 0.508 e. The Balaban J connectivity index is 2.45. The SMILES string of the molecule is O=CC(c1ccncc1)c1ccccc1O. The molecule has 0 bridgehead atoms. The first kappa shape index (κ1) is 10.4. The molecule has 1 aromatic carbocycles. The first-order valence-electron chi connectivity index (χ1n) is 4.96. The van der Waals surface area contributed by atoms with Gasteiger partial charge in [0, 0.05) is 18.0 Å². The quantitative estimate of drug-likeness (QED) is 0.794. The van der Waals surface area contributed by atoms with Crippen molar-refractivity contribution in [2.24, 2.45) is 0 Å². The summed E-state index contributed by atoms with van der Waals surface area (Å²) >= 11 is 0. The molecule has 0 saturated heterocycles. The van der Waals surface area contributed by atoms with E-state index in [9.17, 15) is 9.90 Å². The fourth-order valence-corrected chi connectivity index (χ4v) is 1.65. The van der Waals surface area contributed by atoms with E-state index in [2.05, 4.69) is 4.98 Å². The molecule has 2 rings (SSSR count). The Morgan fingerprint density at radius 2 is 1.81 bits per heavy atom. The summed E-state index contributed by atoms with van der Waals surface area (Å²) in [6, 6.07) is 10.4. The van der Waals surface area contributed by atoms with E-state index in [0.29, 0.717) is 5.56 Å². The van der Waals surface area contributed by atoms with Gasteiger partial charge in [-0.1, -0.05) is 18.2 Å². The minimum atomic E-state index is -0.441.